The van der Waals surface area contributed by atoms with Gasteiger partial charge in [-0.3, -0.25) is 19.8 Å². The van der Waals surface area contributed by atoms with E-state index in [0.29, 0.717) is 44.1 Å². The third-order valence-corrected chi connectivity index (χ3v) is 22.0. The molecule has 0 radical (unpaired) electrons. The number of H-pyrrole nitrogens is 2. The molecule has 2 aromatic heterocycles. The Morgan fingerprint density at radius 2 is 0.724 bits per heavy atom. The Balaban J connectivity index is 1.22. The summed E-state index contributed by atoms with van der Waals surface area (Å²) in [4.78, 5) is 97.6. The van der Waals surface area contributed by atoms with Crippen molar-refractivity contribution in [2.45, 2.75) is 225 Å². The van der Waals surface area contributed by atoms with Gasteiger partial charge < -0.3 is 9.47 Å². The topological polar surface area (TPSA) is 169 Å². The second kappa shape index (κ2) is 41.1. The van der Waals surface area contributed by atoms with E-state index < -0.39 is 62.1 Å². The van der Waals surface area contributed by atoms with Crippen molar-refractivity contribution in [3.05, 3.63) is 207 Å². The van der Waals surface area contributed by atoms with Gasteiger partial charge in [0.25, 0.3) is 11.1 Å². The van der Waals surface area contributed by atoms with E-state index in [1.807, 2.05) is 0 Å². The first-order valence-corrected chi connectivity index (χ1v) is 40.3. The van der Waals surface area contributed by atoms with Crippen LogP contribution < -0.4 is 21.1 Å². The number of methoxy groups -OCH3 is 2. The summed E-state index contributed by atoms with van der Waals surface area (Å²) in [7, 11) is 2.77. The molecule has 22 heteroatoms. The Bertz CT molecular complexity index is 3890. The number of hydrogen-bond acceptors (Lipinski definition) is 10. The van der Waals surface area contributed by atoms with E-state index in [1.165, 1.54) is 151 Å². The number of ether oxygens (including phenoxy) is 2. The van der Waals surface area contributed by atoms with Crippen LogP contribution in [0.4, 0.5) is 23.0 Å². The number of aromatic amines is 2. The lowest BCUT2D eigenvalue weighted by Gasteiger charge is -2.40. The van der Waals surface area contributed by atoms with Gasteiger partial charge in [0, 0.05) is 37.1 Å². The van der Waals surface area contributed by atoms with Gasteiger partial charge in [0.2, 0.25) is 0 Å². The minimum Gasteiger partial charge on any atom is -0.367 e. The van der Waals surface area contributed by atoms with Gasteiger partial charge in [-0.1, -0.05) is 299 Å². The lowest BCUT2D eigenvalue weighted by molar-refractivity contribution is -0.778. The van der Waals surface area contributed by atoms with Crippen LogP contribution in [0.3, 0.4) is 0 Å². The van der Waals surface area contributed by atoms with E-state index in [9.17, 15) is 0 Å². The van der Waals surface area contributed by atoms with Crippen molar-refractivity contribution in [3.63, 3.8) is 0 Å². The predicted molar refractivity (Wildman–Crippen MR) is 427 cm³/mol. The number of amides is 4. The number of quaternary nitrogens is 2. The van der Waals surface area contributed by atoms with Crippen LogP contribution in [0.25, 0.3) is 11.4 Å². The number of rotatable bonds is 45. The van der Waals surface area contributed by atoms with Crippen LogP contribution in [-0.2, 0) is 28.7 Å². The SMILES string of the molecule is CCCCCCCCCCCCC=CCCCC[N+]1(N(c2ccccc2)c2[nH]n(-c3c(Cl)cc(Cl)cc3Cl)c(=O)c2C(c2ccccc2)c2c(N(c3ccccc3)[N+]3(CCCCC=CCCCCCCCCCCCC)C(=O)CC(OC)C3=O)[nH]n(-c3c(Cl)cc(Cl)cc3Cl)c2=O)C(=O)CC(OC)C1=O. The minimum absolute atomic E-state index is 0.0561. The maximum atomic E-state index is 17.0. The number of anilines is 4. The highest BCUT2D eigenvalue weighted by atomic mass is 35.5. The number of benzene rings is 5. The second-order valence-electron chi connectivity index (χ2n) is 27.8. The second-order valence-corrected chi connectivity index (χ2v) is 30.3. The van der Waals surface area contributed by atoms with Crippen LogP contribution >= 0.6 is 69.6 Å². The number of halogens is 6. The van der Waals surface area contributed by atoms with Gasteiger partial charge in [-0.15, -0.1) is 0 Å². The van der Waals surface area contributed by atoms with Crippen molar-refractivity contribution in [2.24, 2.45) is 0 Å². The Morgan fingerprint density at radius 3 is 1.03 bits per heavy atom. The van der Waals surface area contributed by atoms with Crippen LogP contribution in [0.15, 0.2) is 149 Å². The monoisotopic (exact) mass is 1550 g/mol. The summed E-state index contributed by atoms with van der Waals surface area (Å²) in [6.07, 6.45) is 35.6. The van der Waals surface area contributed by atoms with E-state index in [4.69, 9.17) is 79.1 Å². The van der Waals surface area contributed by atoms with Crippen molar-refractivity contribution < 1.29 is 37.8 Å². The quantitative estimate of drug-likeness (QED) is 0.0162. The summed E-state index contributed by atoms with van der Waals surface area (Å²) in [5, 5.41) is 9.86. The number of allylic oxidation sites excluding steroid dienone is 4. The number of imide groups is 2. The molecule has 2 saturated heterocycles. The maximum absolute atomic E-state index is 17.0. The predicted octanol–water partition coefficient (Wildman–Crippen LogP) is 22.5. The molecule has 0 aliphatic carbocycles. The Morgan fingerprint density at radius 1 is 0.429 bits per heavy atom. The normalized spacial score (nSPS) is 17.9. The molecule has 4 unspecified atom stereocenters. The number of nitrogens with one attached hydrogen (secondary N) is 2. The van der Waals surface area contributed by atoms with Gasteiger partial charge in [0.1, 0.15) is 37.3 Å². The van der Waals surface area contributed by atoms with Crippen molar-refractivity contribution in [1.29, 1.82) is 0 Å². The molecule has 4 atom stereocenters. The number of nitrogens with zero attached hydrogens (tertiary/aromatic N) is 6. The largest absolute Gasteiger partial charge is 0.375 e. The average Bonchev–Trinajstić information content (AvgIpc) is 1.56. The maximum Gasteiger partial charge on any atom is 0.375 e. The molecule has 4 heterocycles. The van der Waals surface area contributed by atoms with Crippen LogP contribution in [0.2, 0.25) is 30.1 Å². The first-order valence-electron chi connectivity index (χ1n) is 38.0. The van der Waals surface area contributed by atoms with Gasteiger partial charge in [0.15, 0.2) is 23.8 Å². The van der Waals surface area contributed by atoms with Gasteiger partial charge in [-0.25, -0.2) is 28.5 Å². The Hall–Kier alpha value is -6.54. The standard InChI is InChI=1S/C83H102Cl6N8O8/c1-5-7-9-11-13-15-17-19-21-23-25-27-29-31-33-44-52-96(71(98)58-69(104-3)82(96)102)94(63-48-40-36-41-49-63)78-74(80(100)92(90-78)76-65(86)54-61(84)55-66(76)87)73(60-46-38-35-39-47-60)75-79(91-93(81(75)101)77-67(88)56-62(85)57-68(77)89)95(64-50-42-37-43-51-64)97(72(99)59-70(105-4)83(97)103)53-45-34-32-30-28-26-24-22-20-18-16-14-12-10-8-6-2/h27-30,35-43,46-51,54-57,69-70,73H,5-26,31-34,44-45,52-53,58-59H2,1-4H3/p+2. The molecule has 2 N–H and O–H groups in total. The van der Waals surface area contributed by atoms with E-state index in [2.05, 4.69) is 48.3 Å². The van der Waals surface area contributed by atoms with E-state index in [-0.39, 0.29) is 102 Å². The molecule has 0 spiro atoms. The molecule has 16 nitrogen and oxygen atoms in total. The van der Waals surface area contributed by atoms with Crippen molar-refractivity contribution in [3.8, 4) is 11.4 Å². The number of para-hydroxylation sites is 2. The molecule has 2 aliphatic heterocycles. The molecule has 564 valence electrons. The van der Waals surface area contributed by atoms with Gasteiger partial charge in [-0.2, -0.15) is 10.0 Å². The van der Waals surface area contributed by atoms with Crippen molar-refractivity contribution in [2.75, 3.05) is 37.3 Å². The van der Waals surface area contributed by atoms with E-state index in [0.717, 1.165) is 47.9 Å². The molecule has 105 heavy (non-hydrogen) atoms. The van der Waals surface area contributed by atoms with Crippen LogP contribution in [-0.4, -0.2) is 91.9 Å². The lowest BCUT2D eigenvalue weighted by Crippen LogP contribution is -2.64. The van der Waals surface area contributed by atoms with Crippen molar-refractivity contribution in [1.82, 2.24) is 19.6 Å². The molecule has 0 saturated carbocycles. The fourth-order valence-electron chi connectivity index (χ4n) is 14.9. The number of aromatic nitrogens is 4. The third-order valence-electron chi connectivity index (χ3n) is 20.4. The number of carbonyl (C=O) groups is 4. The molecule has 4 amide bonds. The summed E-state index contributed by atoms with van der Waals surface area (Å²) in [5.41, 5.74) is -1.32. The zero-order valence-corrected chi connectivity index (χ0v) is 65.9. The smallest absolute Gasteiger partial charge is 0.367 e. The van der Waals surface area contributed by atoms with Crippen LogP contribution in [0.5, 0.6) is 0 Å². The molecular formula is C83H104Cl6N8O8+2. The van der Waals surface area contributed by atoms with E-state index >= 15 is 28.8 Å². The van der Waals surface area contributed by atoms with Gasteiger partial charge in [0.05, 0.1) is 48.5 Å². The summed E-state index contributed by atoms with van der Waals surface area (Å²) in [5.74, 6) is -4.18. The fraction of sp³-hybridized carbons (Fsp3) is 0.470. The van der Waals surface area contributed by atoms with Gasteiger partial charge in [-0.05, 0) is 105 Å². The number of likely N-dealkylation sites (tertiary alicyclic amines) is 2. The Kier molecular flexibility index (Phi) is 32.3. The highest BCUT2D eigenvalue weighted by Gasteiger charge is 2.64. The summed E-state index contributed by atoms with van der Waals surface area (Å²) in [6, 6.07) is 31.9. The highest BCUT2D eigenvalue weighted by Crippen LogP contribution is 2.49. The molecular weight excluding hydrogens is 1450 g/mol. The third kappa shape index (κ3) is 19.9. The molecule has 5 aromatic carbocycles. The number of unbranched alkanes of at least 4 members (excludes halogenated alkanes) is 24. The average molecular weight is 1550 g/mol. The highest BCUT2D eigenvalue weighted by molar-refractivity contribution is 6.41. The van der Waals surface area contributed by atoms with Gasteiger partial charge >= 0.3 is 23.6 Å². The first-order chi connectivity index (χ1) is 51.0. The fourth-order valence-corrected chi connectivity index (χ4v) is 16.9. The molecule has 2 aliphatic rings. The van der Waals surface area contributed by atoms with E-state index in [1.54, 1.807) is 91.0 Å². The minimum atomic E-state index is -1.61. The molecule has 7 aromatic rings. The molecule has 0 bridgehead atoms. The van der Waals surface area contributed by atoms with Crippen LogP contribution in [0.1, 0.15) is 229 Å². The molecule has 2 fully saturated rings. The summed E-state index contributed by atoms with van der Waals surface area (Å²) < 4.78 is 12.0. The first kappa shape index (κ1) is 82.5. The van der Waals surface area contributed by atoms with Crippen LogP contribution in [0, 0.1) is 0 Å². The number of carbonyl (C=O) groups excluding carboxylic acids is 4. The summed E-state index contributed by atoms with van der Waals surface area (Å²) >= 11 is 42.0. The summed E-state index contributed by atoms with van der Waals surface area (Å²) in [6.45, 7) is 4.29. The Labute approximate surface area is 649 Å². The zero-order chi connectivity index (χ0) is 74.9. The number of hydrogen-bond donors (Lipinski definition) is 2. The van der Waals surface area contributed by atoms with Crippen molar-refractivity contribution >= 4 is 116 Å². The lowest BCUT2D eigenvalue weighted by atomic mass is 9.86. The molecule has 9 rings (SSSR count). The zero-order valence-electron chi connectivity index (χ0n) is 61.4.